The Balaban J connectivity index is 1.97. The molecule has 0 fully saturated rings. The number of aromatic amines is 3. The molecule has 142 valence electrons. The maximum atomic E-state index is 11.8. The normalized spacial score (nSPS) is 10.7. The minimum absolute atomic E-state index is 0.0656. The van der Waals surface area contributed by atoms with Crippen LogP contribution in [0.1, 0.15) is 22.6 Å². The summed E-state index contributed by atoms with van der Waals surface area (Å²) in [6, 6.07) is 7.02. The zero-order chi connectivity index (χ0) is 20.1. The van der Waals surface area contributed by atoms with E-state index in [0.717, 1.165) is 0 Å². The van der Waals surface area contributed by atoms with E-state index in [4.69, 9.17) is 21.7 Å². The van der Waals surface area contributed by atoms with E-state index in [1.165, 1.54) is 13.2 Å². The molecule has 0 aliphatic heterocycles. The summed E-state index contributed by atoms with van der Waals surface area (Å²) in [5.41, 5.74) is 0.165. The Kier molecular flexibility index (Phi) is 5.52. The van der Waals surface area contributed by atoms with Crippen molar-refractivity contribution in [2.24, 2.45) is 0 Å². The molecule has 0 aliphatic carbocycles. The number of nitrogens with zero attached hydrogens (tertiary/aromatic N) is 2. The van der Waals surface area contributed by atoms with Crippen molar-refractivity contribution in [3.63, 3.8) is 0 Å². The second kappa shape index (κ2) is 8.19. The van der Waals surface area contributed by atoms with Crippen LogP contribution in [0.25, 0.3) is 12.2 Å². The second-order valence-electron chi connectivity index (χ2n) is 5.34. The third-order valence-electron chi connectivity index (χ3n) is 3.58. The third-order valence-corrected chi connectivity index (χ3v) is 3.78. The van der Waals surface area contributed by atoms with Crippen molar-refractivity contribution in [3.8, 4) is 17.6 Å². The van der Waals surface area contributed by atoms with Crippen LogP contribution in [0.5, 0.6) is 11.5 Å². The first-order valence-electron chi connectivity index (χ1n) is 7.80. The molecule has 0 amide bonds. The van der Waals surface area contributed by atoms with Gasteiger partial charge in [-0.2, -0.15) is 15.4 Å². The first-order valence-corrected chi connectivity index (χ1v) is 8.21. The average Bonchev–Trinajstić information content (AvgIpc) is 3.09. The molecule has 1 aromatic carbocycles. The van der Waals surface area contributed by atoms with Gasteiger partial charge >= 0.3 is 5.76 Å². The number of ether oxygens (including phenoxy) is 2. The molecule has 3 aromatic rings. The molecule has 0 saturated carbocycles. The van der Waals surface area contributed by atoms with E-state index in [0.29, 0.717) is 17.1 Å². The Morgan fingerprint density at radius 3 is 2.82 bits per heavy atom. The van der Waals surface area contributed by atoms with Gasteiger partial charge in [-0.3, -0.25) is 9.78 Å². The number of benzene rings is 1. The van der Waals surface area contributed by atoms with E-state index in [2.05, 4.69) is 24.6 Å². The number of nitrogens with one attached hydrogen (secondary N) is 3. The van der Waals surface area contributed by atoms with Gasteiger partial charge in [0.1, 0.15) is 18.2 Å². The second-order valence-corrected chi connectivity index (χ2v) is 5.75. The van der Waals surface area contributed by atoms with Gasteiger partial charge < -0.3 is 19.0 Å². The van der Waals surface area contributed by atoms with E-state index >= 15 is 0 Å². The van der Waals surface area contributed by atoms with Gasteiger partial charge in [-0.15, -0.1) is 0 Å². The number of rotatable bonds is 6. The summed E-state index contributed by atoms with van der Waals surface area (Å²) in [5, 5.41) is 11.5. The number of para-hydroxylation sites is 1. The number of nitriles is 1. The number of aromatic nitrogens is 4. The Bertz CT molecular complexity index is 1240. The van der Waals surface area contributed by atoms with Crippen LogP contribution >= 0.6 is 12.2 Å². The predicted molar refractivity (Wildman–Crippen MR) is 100 cm³/mol. The van der Waals surface area contributed by atoms with Gasteiger partial charge in [-0.1, -0.05) is 12.1 Å². The third kappa shape index (κ3) is 4.08. The van der Waals surface area contributed by atoms with Crippen LogP contribution < -0.4 is 20.8 Å². The van der Waals surface area contributed by atoms with E-state index < -0.39 is 11.3 Å². The van der Waals surface area contributed by atoms with Crippen molar-refractivity contribution >= 4 is 24.4 Å². The highest BCUT2D eigenvalue weighted by Crippen LogP contribution is 2.32. The molecule has 3 N–H and O–H groups in total. The highest BCUT2D eigenvalue weighted by molar-refractivity contribution is 7.71. The van der Waals surface area contributed by atoms with Crippen LogP contribution in [-0.2, 0) is 6.61 Å². The van der Waals surface area contributed by atoms with Gasteiger partial charge in [0, 0.05) is 5.56 Å². The summed E-state index contributed by atoms with van der Waals surface area (Å²) in [6.45, 7) is -0.0656. The van der Waals surface area contributed by atoms with Crippen molar-refractivity contribution in [2.45, 2.75) is 6.61 Å². The van der Waals surface area contributed by atoms with Crippen molar-refractivity contribution in [1.82, 2.24) is 20.1 Å². The fourth-order valence-electron chi connectivity index (χ4n) is 2.35. The fraction of sp³-hybridized carbons (Fsp3) is 0.118. The lowest BCUT2D eigenvalue weighted by molar-refractivity contribution is 0.268. The molecule has 0 saturated heterocycles. The zero-order valence-electron chi connectivity index (χ0n) is 14.4. The van der Waals surface area contributed by atoms with Gasteiger partial charge in [0.2, 0.25) is 0 Å². The summed E-state index contributed by atoms with van der Waals surface area (Å²) >= 11 is 4.94. The van der Waals surface area contributed by atoms with Gasteiger partial charge in [0.25, 0.3) is 5.56 Å². The summed E-state index contributed by atoms with van der Waals surface area (Å²) in [6.07, 6.45) is 3.16. The molecule has 0 radical (unpaired) electrons. The van der Waals surface area contributed by atoms with Gasteiger partial charge in [0.15, 0.2) is 22.1 Å². The van der Waals surface area contributed by atoms with E-state index in [1.807, 2.05) is 6.07 Å². The predicted octanol–water partition coefficient (Wildman–Crippen LogP) is 1.74. The summed E-state index contributed by atoms with van der Waals surface area (Å²) in [5.74, 6) is 0.253. The maximum absolute atomic E-state index is 11.8. The number of H-pyrrole nitrogens is 3. The minimum Gasteiger partial charge on any atom is -0.493 e. The minimum atomic E-state index is -0.757. The molecule has 2 aromatic heterocycles. The van der Waals surface area contributed by atoms with E-state index in [1.54, 1.807) is 24.3 Å². The molecule has 0 unspecified atom stereocenters. The van der Waals surface area contributed by atoms with Crippen LogP contribution in [0.2, 0.25) is 0 Å². The smallest absolute Gasteiger partial charge is 0.459 e. The SMILES string of the molecule is COc1cccc(/C=C/c2[nH]c(=S)[nH]c(=O)c2C#N)c1OCc1nc(=O)o[nH]1. The molecule has 0 aliphatic rings. The molecule has 0 spiro atoms. The summed E-state index contributed by atoms with van der Waals surface area (Å²) in [4.78, 5) is 31.6. The van der Waals surface area contributed by atoms with Gasteiger partial charge in [0.05, 0.1) is 12.8 Å². The first kappa shape index (κ1) is 18.9. The molecule has 3 rings (SSSR count). The van der Waals surface area contributed by atoms with Crippen molar-refractivity contribution in [2.75, 3.05) is 7.11 Å². The molecule has 2 heterocycles. The Labute approximate surface area is 162 Å². The zero-order valence-corrected chi connectivity index (χ0v) is 15.3. The number of hydrogen-bond donors (Lipinski definition) is 3. The van der Waals surface area contributed by atoms with Crippen molar-refractivity contribution in [1.29, 1.82) is 5.26 Å². The monoisotopic (exact) mass is 399 g/mol. The van der Waals surface area contributed by atoms with E-state index in [-0.39, 0.29) is 28.5 Å². The van der Waals surface area contributed by atoms with Gasteiger partial charge in [-0.05, 0) is 30.4 Å². The molecular formula is C17H13N5O5S. The molecule has 0 atom stereocenters. The fourth-order valence-corrected chi connectivity index (χ4v) is 2.56. The van der Waals surface area contributed by atoms with Crippen LogP contribution in [-0.4, -0.2) is 27.2 Å². The average molecular weight is 399 g/mol. The van der Waals surface area contributed by atoms with E-state index in [9.17, 15) is 14.9 Å². The van der Waals surface area contributed by atoms with Crippen LogP contribution in [0.15, 0.2) is 32.3 Å². The van der Waals surface area contributed by atoms with Crippen LogP contribution in [0.4, 0.5) is 0 Å². The standard InChI is InChI=1S/C17H13N5O5S/c1-25-12-4-2-3-9(14(12)26-8-13-20-17(24)27-22-13)5-6-11-10(7-18)15(23)21-16(28)19-11/h2-6H,8H2,1H3,(H,20,22,24)(H2,19,21,23,28)/b6-5+. The Morgan fingerprint density at radius 1 is 1.32 bits per heavy atom. The lowest BCUT2D eigenvalue weighted by Crippen LogP contribution is -2.13. The van der Waals surface area contributed by atoms with Crippen LogP contribution in [0, 0.1) is 16.1 Å². The van der Waals surface area contributed by atoms with Crippen molar-refractivity contribution in [3.05, 3.63) is 66.5 Å². The molecule has 0 bridgehead atoms. The number of hydrogen-bond acceptors (Lipinski definition) is 8. The van der Waals surface area contributed by atoms with Crippen molar-refractivity contribution < 1.29 is 14.0 Å². The number of methoxy groups -OCH3 is 1. The Morgan fingerprint density at radius 2 is 2.14 bits per heavy atom. The topological polar surface area (TPSA) is 150 Å². The maximum Gasteiger partial charge on any atom is 0.459 e. The molecule has 28 heavy (non-hydrogen) atoms. The largest absolute Gasteiger partial charge is 0.493 e. The highest BCUT2D eigenvalue weighted by atomic mass is 32.1. The quantitative estimate of drug-likeness (QED) is 0.531. The molecule has 10 nitrogen and oxygen atoms in total. The first-order chi connectivity index (χ1) is 13.5. The lowest BCUT2D eigenvalue weighted by atomic mass is 10.1. The summed E-state index contributed by atoms with van der Waals surface area (Å²) < 4.78 is 15.6. The molecule has 11 heteroatoms. The summed E-state index contributed by atoms with van der Waals surface area (Å²) in [7, 11) is 1.48. The lowest BCUT2D eigenvalue weighted by Gasteiger charge is -2.12. The van der Waals surface area contributed by atoms with Crippen LogP contribution in [0.3, 0.4) is 0 Å². The molecular weight excluding hydrogens is 386 g/mol. The highest BCUT2D eigenvalue weighted by Gasteiger charge is 2.11. The Hall–Kier alpha value is -3.91. The van der Waals surface area contributed by atoms with Gasteiger partial charge in [-0.25, -0.2) is 4.79 Å².